The van der Waals surface area contributed by atoms with Crippen molar-refractivity contribution in [3.05, 3.63) is 80.3 Å². The molecule has 2 heterocycles. The molecule has 37 heavy (non-hydrogen) atoms. The van der Waals surface area contributed by atoms with Crippen LogP contribution in [0.1, 0.15) is 36.1 Å². The normalized spacial score (nSPS) is 17.5. The standard InChI is InChI=1S/C28H23F3N4OS/c1-4-35(5-2)21-9-6-19(7-10-21)8-11-22-12-13-23(37-22)14-15-25-24(18-34)26(20(16-32)17-33)36-27(25,3)28(29,30)31/h6-15H,4-5H2,1-3H3/b11-8+,15-14+. The van der Waals surface area contributed by atoms with Crippen LogP contribution < -0.4 is 4.90 Å². The van der Waals surface area contributed by atoms with Gasteiger partial charge in [-0.15, -0.1) is 11.3 Å². The van der Waals surface area contributed by atoms with E-state index in [4.69, 9.17) is 15.3 Å². The minimum absolute atomic E-state index is 0.459. The third-order valence-electron chi connectivity index (χ3n) is 5.94. The second-order valence-electron chi connectivity index (χ2n) is 8.13. The van der Waals surface area contributed by atoms with Gasteiger partial charge in [0.15, 0.2) is 11.3 Å². The zero-order chi connectivity index (χ0) is 27.2. The number of benzene rings is 1. The summed E-state index contributed by atoms with van der Waals surface area (Å²) in [5.41, 5.74) is -2.35. The Morgan fingerprint density at radius 2 is 1.51 bits per heavy atom. The van der Waals surface area contributed by atoms with Gasteiger partial charge >= 0.3 is 6.18 Å². The quantitative estimate of drug-likeness (QED) is 0.359. The van der Waals surface area contributed by atoms with Crippen molar-refractivity contribution in [1.29, 1.82) is 15.8 Å². The molecule has 0 amide bonds. The van der Waals surface area contributed by atoms with E-state index < -0.39 is 34.3 Å². The van der Waals surface area contributed by atoms with Crippen LogP contribution in [0.4, 0.5) is 18.9 Å². The van der Waals surface area contributed by atoms with Crippen LogP contribution in [0.2, 0.25) is 0 Å². The molecule has 0 N–H and O–H groups in total. The van der Waals surface area contributed by atoms with Gasteiger partial charge in [0.05, 0.1) is 0 Å². The summed E-state index contributed by atoms with van der Waals surface area (Å²) >= 11 is 1.36. The molecule has 3 rings (SSSR count). The highest BCUT2D eigenvalue weighted by molar-refractivity contribution is 7.13. The highest BCUT2D eigenvalue weighted by atomic mass is 32.1. The third-order valence-corrected chi connectivity index (χ3v) is 6.96. The number of rotatable bonds is 7. The van der Waals surface area contributed by atoms with Crippen molar-refractivity contribution in [2.24, 2.45) is 0 Å². The maximum Gasteiger partial charge on any atom is 0.432 e. The van der Waals surface area contributed by atoms with Gasteiger partial charge in [-0.3, -0.25) is 0 Å². The van der Waals surface area contributed by atoms with E-state index in [1.807, 2.05) is 30.4 Å². The molecule has 1 unspecified atom stereocenters. The average molecular weight is 521 g/mol. The van der Waals surface area contributed by atoms with Gasteiger partial charge < -0.3 is 9.64 Å². The number of allylic oxidation sites excluding steroid dienone is 2. The summed E-state index contributed by atoms with van der Waals surface area (Å²) in [7, 11) is 0. The largest absolute Gasteiger partial charge is 0.470 e. The Kier molecular flexibility index (Phi) is 8.28. The fraction of sp³-hybridized carbons (Fsp3) is 0.250. The Bertz CT molecular complexity index is 1390. The first-order valence-corrected chi connectivity index (χ1v) is 12.2. The Balaban J connectivity index is 1.88. The number of nitriles is 3. The van der Waals surface area contributed by atoms with Gasteiger partial charge in [-0.05, 0) is 62.8 Å². The van der Waals surface area contributed by atoms with E-state index in [2.05, 4.69) is 30.9 Å². The third kappa shape index (κ3) is 5.61. The van der Waals surface area contributed by atoms with Crippen LogP contribution in [0.5, 0.6) is 0 Å². The number of anilines is 1. The number of hydrogen-bond acceptors (Lipinski definition) is 6. The van der Waals surface area contributed by atoms with Crippen molar-refractivity contribution in [3.63, 3.8) is 0 Å². The van der Waals surface area contributed by atoms with Crippen molar-refractivity contribution in [2.45, 2.75) is 32.5 Å². The van der Waals surface area contributed by atoms with E-state index in [-0.39, 0.29) is 0 Å². The molecule has 0 saturated heterocycles. The highest BCUT2D eigenvalue weighted by Crippen LogP contribution is 2.49. The molecule has 0 radical (unpaired) electrons. The van der Waals surface area contributed by atoms with Crippen LogP contribution >= 0.6 is 11.3 Å². The smallest absolute Gasteiger partial charge is 0.432 e. The summed E-state index contributed by atoms with van der Waals surface area (Å²) in [5.74, 6) is -0.659. The summed E-state index contributed by atoms with van der Waals surface area (Å²) in [5, 5.41) is 27.8. The second-order valence-corrected chi connectivity index (χ2v) is 9.28. The Morgan fingerprint density at radius 1 is 0.946 bits per heavy atom. The molecule has 0 saturated carbocycles. The van der Waals surface area contributed by atoms with Gasteiger partial charge in [0.1, 0.15) is 23.8 Å². The summed E-state index contributed by atoms with van der Waals surface area (Å²) < 4.78 is 46.9. The molecule has 1 aromatic carbocycles. The van der Waals surface area contributed by atoms with Gasteiger partial charge in [0, 0.05) is 34.1 Å². The van der Waals surface area contributed by atoms with Crippen LogP contribution in [0, 0.1) is 34.0 Å². The fourth-order valence-electron chi connectivity index (χ4n) is 3.81. The molecule has 1 atom stereocenters. The van der Waals surface area contributed by atoms with Gasteiger partial charge in [-0.2, -0.15) is 29.0 Å². The molecule has 0 bridgehead atoms. The molecular weight excluding hydrogens is 497 g/mol. The molecule has 1 aliphatic rings. The topological polar surface area (TPSA) is 83.8 Å². The molecule has 5 nitrogen and oxygen atoms in total. The SMILES string of the molecule is CCN(CC)c1ccc(/C=C/c2ccc(/C=C/C3=C(C#N)C(=C(C#N)C#N)OC3(C)C(F)(F)F)s2)cc1. The van der Waals surface area contributed by atoms with Crippen molar-refractivity contribution < 1.29 is 17.9 Å². The monoisotopic (exact) mass is 520 g/mol. The van der Waals surface area contributed by atoms with E-state index in [1.54, 1.807) is 12.1 Å². The first-order valence-electron chi connectivity index (χ1n) is 11.4. The van der Waals surface area contributed by atoms with E-state index in [9.17, 15) is 18.4 Å². The second kappa shape index (κ2) is 11.2. The minimum atomic E-state index is -4.89. The number of ether oxygens (including phenoxy) is 1. The lowest BCUT2D eigenvalue weighted by Crippen LogP contribution is -2.43. The predicted molar refractivity (Wildman–Crippen MR) is 139 cm³/mol. The lowest BCUT2D eigenvalue weighted by molar-refractivity contribution is -0.236. The van der Waals surface area contributed by atoms with Crippen molar-refractivity contribution in [1.82, 2.24) is 0 Å². The number of nitrogens with zero attached hydrogens (tertiary/aromatic N) is 4. The van der Waals surface area contributed by atoms with Gasteiger partial charge in [-0.25, -0.2) is 0 Å². The van der Waals surface area contributed by atoms with E-state index in [0.717, 1.165) is 42.2 Å². The summed E-state index contributed by atoms with van der Waals surface area (Å²) in [6, 6.07) is 16.4. The predicted octanol–water partition coefficient (Wildman–Crippen LogP) is 7.25. The lowest BCUT2D eigenvalue weighted by atomic mass is 9.92. The Hall–Kier alpha value is -4.26. The van der Waals surface area contributed by atoms with E-state index in [0.29, 0.717) is 4.88 Å². The van der Waals surface area contributed by atoms with Gasteiger partial charge in [0.25, 0.3) is 0 Å². The number of halogens is 3. The summed E-state index contributed by atoms with van der Waals surface area (Å²) in [6.07, 6.45) is 1.60. The molecule has 0 spiro atoms. The zero-order valence-corrected chi connectivity index (χ0v) is 21.2. The first kappa shape index (κ1) is 27.3. The van der Waals surface area contributed by atoms with Crippen LogP contribution in [-0.4, -0.2) is 24.9 Å². The van der Waals surface area contributed by atoms with Crippen molar-refractivity contribution >= 4 is 35.3 Å². The first-order chi connectivity index (χ1) is 17.6. The van der Waals surface area contributed by atoms with Gasteiger partial charge in [0.2, 0.25) is 5.60 Å². The Morgan fingerprint density at radius 3 is 2.00 bits per heavy atom. The van der Waals surface area contributed by atoms with Crippen LogP contribution in [0.3, 0.4) is 0 Å². The molecule has 9 heteroatoms. The number of hydrogen-bond donors (Lipinski definition) is 0. The maximum absolute atomic E-state index is 14.0. The number of thiophene rings is 1. The molecular formula is C28H23F3N4OS. The zero-order valence-electron chi connectivity index (χ0n) is 20.4. The van der Waals surface area contributed by atoms with Crippen LogP contribution in [0.25, 0.3) is 18.2 Å². The average Bonchev–Trinajstić information content (AvgIpc) is 3.45. The molecule has 2 aromatic rings. The molecule has 188 valence electrons. The summed E-state index contributed by atoms with van der Waals surface area (Å²) in [4.78, 5) is 3.79. The molecule has 1 aromatic heterocycles. The van der Waals surface area contributed by atoms with Crippen LogP contribution in [0.15, 0.2) is 65.0 Å². The van der Waals surface area contributed by atoms with Crippen LogP contribution in [-0.2, 0) is 4.74 Å². The lowest BCUT2D eigenvalue weighted by Gasteiger charge is -2.28. The minimum Gasteiger partial charge on any atom is -0.470 e. The highest BCUT2D eigenvalue weighted by Gasteiger charge is 2.60. The maximum atomic E-state index is 14.0. The Labute approximate surface area is 217 Å². The molecule has 0 aliphatic carbocycles. The molecule has 1 aliphatic heterocycles. The molecule has 0 fully saturated rings. The van der Waals surface area contributed by atoms with Crippen molar-refractivity contribution in [2.75, 3.05) is 18.0 Å². The van der Waals surface area contributed by atoms with Gasteiger partial charge in [-0.1, -0.05) is 24.3 Å². The summed E-state index contributed by atoms with van der Waals surface area (Å²) in [6.45, 7) is 6.83. The number of alkyl halides is 3. The fourth-order valence-corrected chi connectivity index (χ4v) is 4.63. The van der Waals surface area contributed by atoms with Crippen molar-refractivity contribution in [3.8, 4) is 18.2 Å². The van der Waals surface area contributed by atoms with E-state index >= 15 is 0 Å². The van der Waals surface area contributed by atoms with E-state index in [1.165, 1.54) is 29.6 Å².